The zero-order valence-electron chi connectivity index (χ0n) is 12.9. The second-order valence-corrected chi connectivity index (χ2v) is 5.83. The van der Waals surface area contributed by atoms with E-state index < -0.39 is 15.0 Å². The first-order valence-corrected chi connectivity index (χ1v) is 7.66. The Bertz CT molecular complexity index is 306. The maximum atomic E-state index is 11.3. The van der Waals surface area contributed by atoms with E-state index in [9.17, 15) is 4.79 Å². The third-order valence-corrected chi connectivity index (χ3v) is 3.58. The van der Waals surface area contributed by atoms with Gasteiger partial charge in [0.15, 0.2) is 0 Å². The summed E-state index contributed by atoms with van der Waals surface area (Å²) >= 11 is 0. The van der Waals surface area contributed by atoms with Crippen LogP contribution in [-0.4, -0.2) is 49.6 Å². The van der Waals surface area contributed by atoms with Crippen molar-refractivity contribution in [2.75, 3.05) is 34.5 Å². The Morgan fingerprint density at radius 1 is 1.05 bits per heavy atom. The maximum Gasteiger partial charge on any atom is 0.764 e. The van der Waals surface area contributed by atoms with Crippen molar-refractivity contribution in [2.45, 2.75) is 13.8 Å². The zero-order chi connectivity index (χ0) is 16.3. The van der Waals surface area contributed by atoms with Crippen LogP contribution in [0, 0.1) is 5.92 Å². The average Bonchev–Trinajstić information content (AvgIpc) is 2.43. The molecule has 0 saturated heterocycles. The second kappa shape index (κ2) is 10.8. The van der Waals surface area contributed by atoms with Crippen molar-refractivity contribution in [3.05, 3.63) is 12.2 Å². The first-order valence-electron chi connectivity index (χ1n) is 6.02. The van der Waals surface area contributed by atoms with Gasteiger partial charge in [-0.1, -0.05) is 13.5 Å². The lowest BCUT2D eigenvalue weighted by Gasteiger charge is -2.23. The van der Waals surface area contributed by atoms with E-state index >= 15 is 0 Å². The molecule has 0 saturated carbocycles. The highest BCUT2D eigenvalue weighted by molar-refractivity contribution is 6.52. The second-order valence-electron chi connectivity index (χ2n) is 4.04. The molecule has 0 aliphatic heterocycles. The predicted molar refractivity (Wildman–Crippen MR) is 70.9 cm³/mol. The summed E-state index contributed by atoms with van der Waals surface area (Å²) in [6.07, 6.45) is 0. The molecule has 1 unspecified atom stereocenters. The largest absolute Gasteiger partial charge is 0.764 e. The molecule has 0 fully saturated rings. The van der Waals surface area contributed by atoms with E-state index in [1.54, 1.807) is 13.8 Å². The van der Waals surface area contributed by atoms with Gasteiger partial charge in [-0.05, 0) is 6.92 Å². The summed E-state index contributed by atoms with van der Waals surface area (Å²) in [6.45, 7) is 7.05. The summed E-state index contributed by atoms with van der Waals surface area (Å²) in [5, 5.41) is 0. The number of carbonyl (C=O) groups excluding carboxylic acids is 1. The fraction of sp³-hybridized carbons (Fsp3) is 0.727. The van der Waals surface area contributed by atoms with Gasteiger partial charge in [0.2, 0.25) is 0 Å². The van der Waals surface area contributed by atoms with Crippen molar-refractivity contribution in [3.63, 3.8) is 0 Å². The fourth-order valence-electron chi connectivity index (χ4n) is 1.05. The van der Waals surface area contributed by atoms with Crippen LogP contribution in [0.3, 0.4) is 0 Å². The van der Waals surface area contributed by atoms with Crippen LogP contribution in [0.1, 0.15) is 13.8 Å². The molecule has 0 aliphatic rings. The van der Waals surface area contributed by atoms with Crippen LogP contribution in [0.15, 0.2) is 12.2 Å². The summed E-state index contributed by atoms with van der Waals surface area (Å²) in [5.41, 5.74) is 0.319. The Morgan fingerprint density at radius 2 is 1.52 bits per heavy atom. The highest BCUT2D eigenvalue weighted by atomic mass is 28.4. The molecule has 0 aromatic heterocycles. The normalized spacial score (nSPS) is 13.0. The van der Waals surface area contributed by atoms with Gasteiger partial charge in [0, 0.05) is 18.1 Å². The lowest BCUT2D eigenvalue weighted by atomic mass is 10.2. The lowest BCUT2D eigenvalue weighted by Crippen LogP contribution is -2.49. The SMILES string of the molecule is C=C(C)C(=O)OCC(C)CO[Si](OOC)(OOC)OOC. The van der Waals surface area contributed by atoms with E-state index in [2.05, 4.69) is 21.2 Å². The van der Waals surface area contributed by atoms with E-state index in [-0.39, 0.29) is 19.1 Å². The number of ether oxygens (including phenoxy) is 1. The van der Waals surface area contributed by atoms with Crippen LogP contribution in [0.5, 0.6) is 0 Å². The van der Waals surface area contributed by atoms with Crippen LogP contribution in [-0.2, 0) is 42.4 Å². The lowest BCUT2D eigenvalue weighted by molar-refractivity contribution is -0.371. The van der Waals surface area contributed by atoms with Gasteiger partial charge in [0.25, 0.3) is 0 Å². The van der Waals surface area contributed by atoms with E-state index in [0.717, 1.165) is 0 Å². The molecule has 0 bridgehead atoms. The summed E-state index contributed by atoms with van der Waals surface area (Å²) < 4.78 is 24.9. The highest BCUT2D eigenvalue weighted by Gasteiger charge is 2.52. The molecule has 0 aliphatic carbocycles. The molecule has 0 radical (unpaired) electrons. The molecular weight excluding hydrogens is 304 g/mol. The number of hydrogen-bond donors (Lipinski definition) is 0. The fourth-order valence-corrected chi connectivity index (χ4v) is 2.38. The van der Waals surface area contributed by atoms with E-state index in [0.29, 0.717) is 5.57 Å². The summed E-state index contributed by atoms with van der Waals surface area (Å²) in [7, 11) is -0.00742. The molecule has 0 amide bonds. The molecular formula is C11H22O9Si. The van der Waals surface area contributed by atoms with Crippen LogP contribution in [0.2, 0.25) is 0 Å². The number of esters is 1. The molecule has 9 nitrogen and oxygen atoms in total. The molecule has 0 heterocycles. The molecule has 0 rings (SSSR count). The van der Waals surface area contributed by atoms with Gasteiger partial charge in [0.1, 0.15) is 0 Å². The van der Waals surface area contributed by atoms with Gasteiger partial charge in [-0.15, -0.1) is 0 Å². The monoisotopic (exact) mass is 326 g/mol. The summed E-state index contributed by atoms with van der Waals surface area (Å²) in [4.78, 5) is 24.8. The molecule has 0 spiro atoms. The van der Waals surface area contributed by atoms with Crippen molar-refractivity contribution < 1.29 is 42.4 Å². The Labute approximate surface area is 124 Å². The minimum Gasteiger partial charge on any atom is -0.462 e. The van der Waals surface area contributed by atoms with Gasteiger partial charge >= 0.3 is 15.0 Å². The maximum absolute atomic E-state index is 11.3. The molecule has 124 valence electrons. The molecule has 0 aromatic carbocycles. The molecule has 0 N–H and O–H groups in total. The molecule has 0 aromatic rings. The van der Waals surface area contributed by atoms with E-state index in [4.69, 9.17) is 22.9 Å². The molecule has 21 heavy (non-hydrogen) atoms. The van der Waals surface area contributed by atoms with Crippen LogP contribution >= 0.6 is 0 Å². The summed E-state index contributed by atoms with van der Waals surface area (Å²) in [6, 6.07) is 0. The van der Waals surface area contributed by atoms with Gasteiger partial charge in [-0.3, -0.25) is 0 Å². The van der Waals surface area contributed by atoms with E-state index in [1.807, 2.05) is 0 Å². The van der Waals surface area contributed by atoms with Crippen molar-refractivity contribution in [3.8, 4) is 0 Å². The van der Waals surface area contributed by atoms with E-state index in [1.165, 1.54) is 21.3 Å². The zero-order valence-corrected chi connectivity index (χ0v) is 13.9. The minimum absolute atomic E-state index is 0.0891. The molecule has 10 heteroatoms. The van der Waals surface area contributed by atoms with Gasteiger partial charge in [-0.2, -0.15) is 13.7 Å². The molecule has 1 atom stereocenters. The quantitative estimate of drug-likeness (QED) is 0.171. The van der Waals surface area contributed by atoms with Crippen molar-refractivity contribution in [1.82, 2.24) is 0 Å². The third kappa shape index (κ3) is 8.23. The first kappa shape index (κ1) is 20.1. The van der Waals surface area contributed by atoms with Crippen molar-refractivity contribution >= 4 is 15.0 Å². The van der Waals surface area contributed by atoms with Crippen LogP contribution in [0.25, 0.3) is 0 Å². The Balaban J connectivity index is 4.38. The van der Waals surface area contributed by atoms with Gasteiger partial charge in [0.05, 0.1) is 27.9 Å². The first-order chi connectivity index (χ1) is 9.90. The topological polar surface area (TPSA) is 90.9 Å². The summed E-state index contributed by atoms with van der Waals surface area (Å²) in [5.74, 6) is -0.638. The van der Waals surface area contributed by atoms with Crippen molar-refractivity contribution in [1.29, 1.82) is 0 Å². The standard InChI is InChI=1S/C11H22O9Si/c1-9(2)11(12)16-7-10(3)8-17-21(18-13-4,19-14-5)20-15-6/h10H,1,7-8H2,2-6H3. The van der Waals surface area contributed by atoms with Crippen LogP contribution in [0.4, 0.5) is 0 Å². The predicted octanol–water partition coefficient (Wildman–Crippen LogP) is 0.928. The highest BCUT2D eigenvalue weighted by Crippen LogP contribution is 2.14. The number of hydrogen-bond acceptors (Lipinski definition) is 9. The van der Waals surface area contributed by atoms with Gasteiger partial charge < -0.3 is 9.16 Å². The Morgan fingerprint density at radius 3 is 1.90 bits per heavy atom. The van der Waals surface area contributed by atoms with Gasteiger partial charge in [-0.25, -0.2) is 19.5 Å². The smallest absolute Gasteiger partial charge is 0.462 e. The number of rotatable bonds is 12. The van der Waals surface area contributed by atoms with Crippen molar-refractivity contribution in [2.24, 2.45) is 5.92 Å². The van der Waals surface area contributed by atoms with Crippen LogP contribution < -0.4 is 0 Å². The Hall–Kier alpha value is -0.853. The Kier molecular flexibility index (Phi) is 10.4. The minimum atomic E-state index is -3.76. The number of carbonyl (C=O) groups is 1. The average molecular weight is 326 g/mol. The third-order valence-electron chi connectivity index (χ3n) is 1.95.